The summed E-state index contributed by atoms with van der Waals surface area (Å²) in [5, 5.41) is 6.68. The average molecular weight is 360 g/mol. The third kappa shape index (κ3) is 3.71. The van der Waals surface area contributed by atoms with Gasteiger partial charge in [-0.05, 0) is 50.4 Å². The fourth-order valence-electron chi connectivity index (χ4n) is 4.65. The van der Waals surface area contributed by atoms with Gasteiger partial charge in [0.1, 0.15) is 5.82 Å². The minimum atomic E-state index is -0.298. The van der Waals surface area contributed by atoms with E-state index in [9.17, 15) is 9.18 Å². The standard InChI is InChI=1S/C20H29FN4O/c1-2-24-7-9-25(10-8-24)19-6-3-14(11-18(19)21)20(26)23-17-12-15-4-5-16(13-17)22-15/h3,6,11,15-17,22H,2,4-5,7-10,12-13H2,1H3,(H,23,26). The molecule has 2 bridgehead atoms. The summed E-state index contributed by atoms with van der Waals surface area (Å²) < 4.78 is 14.6. The molecular weight excluding hydrogens is 331 g/mol. The third-order valence-corrected chi connectivity index (χ3v) is 6.18. The van der Waals surface area contributed by atoms with Crippen molar-refractivity contribution in [2.24, 2.45) is 0 Å². The highest BCUT2D eigenvalue weighted by molar-refractivity contribution is 5.94. The lowest BCUT2D eigenvalue weighted by atomic mass is 9.99. The first kappa shape index (κ1) is 17.7. The van der Waals surface area contributed by atoms with Crippen LogP contribution in [0.2, 0.25) is 0 Å². The number of piperidine rings is 1. The van der Waals surface area contributed by atoms with Gasteiger partial charge in [0.25, 0.3) is 5.91 Å². The van der Waals surface area contributed by atoms with Crippen molar-refractivity contribution in [3.63, 3.8) is 0 Å². The molecule has 2 atom stereocenters. The zero-order valence-corrected chi connectivity index (χ0v) is 15.5. The molecule has 2 N–H and O–H groups in total. The van der Waals surface area contributed by atoms with Crippen molar-refractivity contribution in [3.8, 4) is 0 Å². The van der Waals surface area contributed by atoms with Crippen LogP contribution >= 0.6 is 0 Å². The van der Waals surface area contributed by atoms with E-state index >= 15 is 0 Å². The van der Waals surface area contributed by atoms with Gasteiger partial charge in [0, 0.05) is 49.9 Å². The highest BCUT2D eigenvalue weighted by atomic mass is 19.1. The predicted octanol–water partition coefficient (Wildman–Crippen LogP) is 1.98. The van der Waals surface area contributed by atoms with Gasteiger partial charge in [0.05, 0.1) is 5.69 Å². The SMILES string of the molecule is CCN1CCN(c2ccc(C(=O)NC3CC4CCC(C3)N4)cc2F)CC1. The summed E-state index contributed by atoms with van der Waals surface area (Å²) in [6.07, 6.45) is 4.35. The van der Waals surface area contributed by atoms with Crippen LogP contribution in [0, 0.1) is 5.82 Å². The molecule has 3 fully saturated rings. The highest BCUT2D eigenvalue weighted by Crippen LogP contribution is 2.27. The van der Waals surface area contributed by atoms with E-state index in [1.165, 1.54) is 18.9 Å². The Labute approximate surface area is 154 Å². The molecule has 26 heavy (non-hydrogen) atoms. The number of carbonyl (C=O) groups excluding carboxylic acids is 1. The number of fused-ring (bicyclic) bond motifs is 2. The van der Waals surface area contributed by atoms with Crippen LogP contribution in [-0.2, 0) is 0 Å². The van der Waals surface area contributed by atoms with Crippen LogP contribution in [0.5, 0.6) is 0 Å². The summed E-state index contributed by atoms with van der Waals surface area (Å²) >= 11 is 0. The lowest BCUT2D eigenvalue weighted by Crippen LogP contribution is -2.48. The molecule has 1 aromatic carbocycles. The number of piperazine rings is 1. The van der Waals surface area contributed by atoms with Crippen LogP contribution < -0.4 is 15.5 Å². The van der Waals surface area contributed by atoms with E-state index in [0.717, 1.165) is 45.6 Å². The number of benzene rings is 1. The molecule has 0 aromatic heterocycles. The van der Waals surface area contributed by atoms with Crippen molar-refractivity contribution in [2.75, 3.05) is 37.6 Å². The Balaban J connectivity index is 1.38. The Morgan fingerprint density at radius 3 is 2.50 bits per heavy atom. The molecule has 3 aliphatic heterocycles. The van der Waals surface area contributed by atoms with Crippen LogP contribution in [0.3, 0.4) is 0 Å². The molecule has 0 aliphatic carbocycles. The number of rotatable bonds is 4. The summed E-state index contributed by atoms with van der Waals surface area (Å²) in [7, 11) is 0. The number of halogens is 1. The summed E-state index contributed by atoms with van der Waals surface area (Å²) in [6.45, 7) is 6.75. The van der Waals surface area contributed by atoms with E-state index in [2.05, 4.69) is 27.4 Å². The molecule has 5 nitrogen and oxygen atoms in total. The molecule has 6 heteroatoms. The number of anilines is 1. The van der Waals surface area contributed by atoms with Crippen molar-refractivity contribution in [2.45, 2.75) is 50.7 Å². The fraction of sp³-hybridized carbons (Fsp3) is 0.650. The van der Waals surface area contributed by atoms with Crippen molar-refractivity contribution >= 4 is 11.6 Å². The number of carbonyl (C=O) groups is 1. The van der Waals surface area contributed by atoms with Gasteiger partial charge in [-0.25, -0.2) is 4.39 Å². The zero-order chi connectivity index (χ0) is 18.1. The van der Waals surface area contributed by atoms with E-state index in [1.54, 1.807) is 12.1 Å². The van der Waals surface area contributed by atoms with Gasteiger partial charge in [-0.2, -0.15) is 0 Å². The second-order valence-electron chi connectivity index (χ2n) is 7.87. The fourth-order valence-corrected chi connectivity index (χ4v) is 4.65. The van der Waals surface area contributed by atoms with Crippen LogP contribution in [0.1, 0.15) is 43.0 Å². The topological polar surface area (TPSA) is 47.6 Å². The Hall–Kier alpha value is -1.66. The molecule has 1 aromatic rings. The predicted molar refractivity (Wildman–Crippen MR) is 101 cm³/mol. The summed E-state index contributed by atoms with van der Waals surface area (Å²) in [5.41, 5.74) is 1.03. The highest BCUT2D eigenvalue weighted by Gasteiger charge is 2.34. The number of hydrogen-bond donors (Lipinski definition) is 2. The quantitative estimate of drug-likeness (QED) is 0.862. The zero-order valence-electron chi connectivity index (χ0n) is 15.5. The second-order valence-corrected chi connectivity index (χ2v) is 7.87. The van der Waals surface area contributed by atoms with Crippen molar-refractivity contribution < 1.29 is 9.18 Å². The van der Waals surface area contributed by atoms with E-state index in [1.807, 2.05) is 0 Å². The molecule has 142 valence electrons. The molecule has 0 spiro atoms. The molecular formula is C20H29FN4O. The lowest BCUT2D eigenvalue weighted by molar-refractivity contribution is 0.0923. The largest absolute Gasteiger partial charge is 0.367 e. The Morgan fingerprint density at radius 1 is 1.19 bits per heavy atom. The van der Waals surface area contributed by atoms with Gasteiger partial charge in [0.2, 0.25) is 0 Å². The minimum absolute atomic E-state index is 0.155. The van der Waals surface area contributed by atoms with Gasteiger partial charge in [0.15, 0.2) is 0 Å². The average Bonchev–Trinajstić information content (AvgIpc) is 3.00. The molecule has 3 saturated heterocycles. The van der Waals surface area contributed by atoms with Crippen molar-refractivity contribution in [1.82, 2.24) is 15.5 Å². The Morgan fingerprint density at radius 2 is 1.88 bits per heavy atom. The van der Waals surface area contributed by atoms with E-state index in [0.29, 0.717) is 23.3 Å². The molecule has 4 rings (SSSR count). The third-order valence-electron chi connectivity index (χ3n) is 6.18. The first-order valence-corrected chi connectivity index (χ1v) is 9.96. The van der Waals surface area contributed by atoms with Crippen LogP contribution in [0.25, 0.3) is 0 Å². The van der Waals surface area contributed by atoms with Gasteiger partial charge in [-0.3, -0.25) is 4.79 Å². The first-order chi connectivity index (χ1) is 12.6. The maximum Gasteiger partial charge on any atom is 0.251 e. The lowest BCUT2D eigenvalue weighted by Gasteiger charge is -2.35. The summed E-state index contributed by atoms with van der Waals surface area (Å²) in [4.78, 5) is 17.0. The smallest absolute Gasteiger partial charge is 0.251 e. The van der Waals surface area contributed by atoms with Crippen molar-refractivity contribution in [3.05, 3.63) is 29.6 Å². The van der Waals surface area contributed by atoms with Gasteiger partial charge >= 0.3 is 0 Å². The maximum absolute atomic E-state index is 14.6. The molecule has 0 saturated carbocycles. The molecule has 1 amide bonds. The minimum Gasteiger partial charge on any atom is -0.367 e. The van der Waals surface area contributed by atoms with E-state index in [4.69, 9.17) is 0 Å². The number of nitrogens with one attached hydrogen (secondary N) is 2. The van der Waals surface area contributed by atoms with E-state index < -0.39 is 0 Å². The first-order valence-electron chi connectivity index (χ1n) is 9.96. The number of nitrogens with zero attached hydrogens (tertiary/aromatic N) is 2. The molecule has 2 unspecified atom stereocenters. The van der Waals surface area contributed by atoms with Crippen LogP contribution in [0.4, 0.5) is 10.1 Å². The number of likely N-dealkylation sites (N-methyl/N-ethyl adjacent to an activating group) is 1. The molecule has 0 radical (unpaired) electrons. The summed E-state index contributed by atoms with van der Waals surface area (Å²) in [5.74, 6) is -0.453. The maximum atomic E-state index is 14.6. The molecule has 3 heterocycles. The van der Waals surface area contributed by atoms with Crippen LogP contribution in [0.15, 0.2) is 18.2 Å². The number of hydrogen-bond acceptors (Lipinski definition) is 4. The number of amides is 1. The monoisotopic (exact) mass is 360 g/mol. The van der Waals surface area contributed by atoms with Gasteiger partial charge in [-0.15, -0.1) is 0 Å². The Kier molecular flexibility index (Phi) is 5.14. The normalized spacial score (nSPS) is 29.0. The van der Waals surface area contributed by atoms with Crippen molar-refractivity contribution in [1.29, 1.82) is 0 Å². The second kappa shape index (κ2) is 7.53. The Bertz CT molecular complexity index is 647. The summed E-state index contributed by atoms with van der Waals surface area (Å²) in [6, 6.07) is 6.17. The molecule has 3 aliphatic rings. The van der Waals surface area contributed by atoms with Gasteiger partial charge in [-0.1, -0.05) is 6.92 Å². The van der Waals surface area contributed by atoms with Gasteiger partial charge < -0.3 is 20.4 Å². The van der Waals surface area contributed by atoms with Crippen LogP contribution in [-0.4, -0.2) is 61.7 Å². The van der Waals surface area contributed by atoms with E-state index in [-0.39, 0.29) is 17.8 Å².